The molecule has 0 aliphatic rings. The number of rotatable bonds is 7. The van der Waals surface area contributed by atoms with Gasteiger partial charge in [0.15, 0.2) is 5.69 Å². The second kappa shape index (κ2) is 9.47. The normalized spacial score (nSPS) is 10.7. The minimum absolute atomic E-state index is 0.0451. The van der Waals surface area contributed by atoms with Crippen LogP contribution in [0.1, 0.15) is 0 Å². The molecule has 0 aliphatic carbocycles. The fraction of sp³-hybridized carbons (Fsp3) is 0. The van der Waals surface area contributed by atoms with Crippen molar-refractivity contribution in [3.8, 4) is 28.2 Å². The Kier molecular flexibility index (Phi) is 5.90. The van der Waals surface area contributed by atoms with Gasteiger partial charge in [-0.1, -0.05) is 60.7 Å². The van der Waals surface area contributed by atoms with Crippen LogP contribution in [0.4, 0.5) is 17.1 Å². The highest BCUT2D eigenvalue weighted by Crippen LogP contribution is 2.31. The average molecular weight is 478 g/mol. The van der Waals surface area contributed by atoms with Crippen molar-refractivity contribution in [1.82, 2.24) is 9.90 Å². The standard InChI is InChI=1S/C26H18N6O4/c33-31(34)23-13-11-21(12-14-23)27-30-26(20-9-5-2-6-10-20)25(19-7-3-1-4-8-19)28-29(30)22-15-17-24(18-16-22)32(35)36/h1-18H. The number of nitro benzene ring substituents is 2. The van der Waals surface area contributed by atoms with E-state index in [9.17, 15) is 20.2 Å². The molecule has 1 aromatic heterocycles. The van der Waals surface area contributed by atoms with Gasteiger partial charge in [-0.15, -0.1) is 4.80 Å². The first-order valence-corrected chi connectivity index (χ1v) is 10.9. The molecule has 0 amide bonds. The lowest BCUT2D eigenvalue weighted by Crippen LogP contribution is -2.40. The summed E-state index contributed by atoms with van der Waals surface area (Å²) in [6, 6.07) is 31.0. The van der Waals surface area contributed by atoms with Gasteiger partial charge in [-0.3, -0.25) is 25.7 Å². The lowest BCUT2D eigenvalue weighted by atomic mass is 10.1. The minimum Gasteiger partial charge on any atom is -0.271 e. The van der Waals surface area contributed by atoms with Gasteiger partial charge in [-0.05, 0) is 35.1 Å². The molecule has 0 aliphatic heterocycles. The highest BCUT2D eigenvalue weighted by molar-refractivity contribution is 5.76. The molecule has 0 atom stereocenters. The molecule has 0 saturated heterocycles. The molecule has 0 fully saturated rings. The molecule has 4 aromatic carbocycles. The molecule has 5 rings (SSSR count). The third-order valence-corrected chi connectivity index (χ3v) is 5.46. The van der Waals surface area contributed by atoms with Crippen LogP contribution in [0.25, 0.3) is 33.6 Å². The Morgan fingerprint density at radius 2 is 1.17 bits per heavy atom. The smallest absolute Gasteiger partial charge is 0.269 e. The van der Waals surface area contributed by atoms with Crippen molar-refractivity contribution >= 4 is 17.1 Å². The van der Waals surface area contributed by atoms with Crippen molar-refractivity contribution in [2.24, 2.45) is 0 Å². The number of nitro groups is 2. The van der Waals surface area contributed by atoms with Crippen LogP contribution in [-0.4, -0.2) is 19.7 Å². The van der Waals surface area contributed by atoms with Gasteiger partial charge in [0.2, 0.25) is 5.69 Å². The van der Waals surface area contributed by atoms with Crippen molar-refractivity contribution in [3.63, 3.8) is 0 Å². The van der Waals surface area contributed by atoms with Gasteiger partial charge in [0.05, 0.1) is 9.85 Å². The van der Waals surface area contributed by atoms with Gasteiger partial charge >= 0.3 is 0 Å². The maximum absolute atomic E-state index is 11.2. The lowest BCUT2D eigenvalue weighted by molar-refractivity contribution is -0.690. The Morgan fingerprint density at radius 1 is 0.667 bits per heavy atom. The monoisotopic (exact) mass is 478 g/mol. The number of benzene rings is 4. The maximum Gasteiger partial charge on any atom is 0.269 e. The Hall–Kier alpha value is -5.38. The van der Waals surface area contributed by atoms with Crippen molar-refractivity contribution in [1.29, 1.82) is 0 Å². The van der Waals surface area contributed by atoms with E-state index >= 15 is 0 Å². The molecule has 1 heterocycles. The van der Waals surface area contributed by atoms with Gasteiger partial charge in [0, 0.05) is 41.1 Å². The number of hydrogen-bond acceptors (Lipinski definition) is 5. The van der Waals surface area contributed by atoms with E-state index < -0.39 is 9.85 Å². The highest BCUT2D eigenvalue weighted by Gasteiger charge is 2.25. The molecule has 10 nitrogen and oxygen atoms in total. The number of nitrogens with zero attached hydrogens (tertiary/aromatic N) is 6. The molecule has 10 heteroatoms. The zero-order valence-corrected chi connectivity index (χ0v) is 18.7. The summed E-state index contributed by atoms with van der Waals surface area (Å²) in [7, 11) is 0. The summed E-state index contributed by atoms with van der Waals surface area (Å²) in [5.74, 6) is 0. The van der Waals surface area contributed by atoms with Gasteiger partial charge in [-0.25, -0.2) is 0 Å². The summed E-state index contributed by atoms with van der Waals surface area (Å²) >= 11 is 0. The van der Waals surface area contributed by atoms with Crippen LogP contribution in [0.3, 0.4) is 0 Å². The van der Waals surface area contributed by atoms with E-state index in [2.05, 4.69) is 0 Å². The maximum atomic E-state index is 11.2. The molecule has 0 bridgehead atoms. The first-order valence-electron chi connectivity index (χ1n) is 10.9. The molecule has 0 saturated carbocycles. The van der Waals surface area contributed by atoms with Gasteiger partial charge in [0.25, 0.3) is 11.4 Å². The molecule has 0 unspecified atom stereocenters. The van der Waals surface area contributed by atoms with Crippen LogP contribution in [0.15, 0.2) is 109 Å². The van der Waals surface area contributed by atoms with E-state index in [1.165, 1.54) is 24.3 Å². The van der Waals surface area contributed by atoms with Crippen LogP contribution in [0, 0.1) is 20.2 Å². The number of aromatic nitrogens is 3. The quantitative estimate of drug-likeness (QED) is 0.167. The first kappa shape index (κ1) is 22.4. The van der Waals surface area contributed by atoms with E-state index in [0.29, 0.717) is 22.8 Å². The Bertz CT molecular complexity index is 1530. The summed E-state index contributed by atoms with van der Waals surface area (Å²) in [4.78, 5) is 24.5. The third-order valence-electron chi connectivity index (χ3n) is 5.46. The summed E-state index contributed by atoms with van der Waals surface area (Å²) in [5, 5.41) is 27.1. The fourth-order valence-corrected chi connectivity index (χ4v) is 3.73. The van der Waals surface area contributed by atoms with E-state index in [1.54, 1.807) is 33.9 Å². The van der Waals surface area contributed by atoms with E-state index in [-0.39, 0.29) is 11.4 Å². The molecule has 5 aromatic rings. The second-order valence-corrected chi connectivity index (χ2v) is 7.76. The SMILES string of the molecule is O=[N+]([O-])c1ccc([N-][n+]2c(-c3ccccc3)c(-c3ccccc3)nn2-c2ccc([N+](=O)[O-])cc2)cc1. The van der Waals surface area contributed by atoms with Crippen molar-refractivity contribution in [3.05, 3.63) is 135 Å². The largest absolute Gasteiger partial charge is 0.271 e. The Morgan fingerprint density at radius 3 is 1.69 bits per heavy atom. The summed E-state index contributed by atoms with van der Waals surface area (Å²) in [6.07, 6.45) is 0. The van der Waals surface area contributed by atoms with E-state index in [0.717, 1.165) is 11.1 Å². The molecule has 0 N–H and O–H groups in total. The van der Waals surface area contributed by atoms with Crippen molar-refractivity contribution in [2.75, 3.05) is 0 Å². The van der Waals surface area contributed by atoms with Gasteiger partial charge in [-0.2, -0.15) is 4.79 Å². The molecule has 0 radical (unpaired) electrons. The highest BCUT2D eigenvalue weighted by atomic mass is 16.6. The van der Waals surface area contributed by atoms with Crippen LogP contribution in [0.2, 0.25) is 0 Å². The molecule has 36 heavy (non-hydrogen) atoms. The third kappa shape index (κ3) is 4.38. The lowest BCUT2D eigenvalue weighted by Gasteiger charge is -2.16. The number of hydrogen-bond donors (Lipinski definition) is 0. The van der Waals surface area contributed by atoms with Crippen LogP contribution in [0.5, 0.6) is 0 Å². The van der Waals surface area contributed by atoms with Gasteiger partial charge in [0.1, 0.15) is 0 Å². The molecular weight excluding hydrogens is 460 g/mol. The Labute approximate surface area is 204 Å². The zero-order valence-electron chi connectivity index (χ0n) is 18.7. The van der Waals surface area contributed by atoms with Crippen LogP contribution in [-0.2, 0) is 0 Å². The fourth-order valence-electron chi connectivity index (χ4n) is 3.73. The zero-order chi connectivity index (χ0) is 25.1. The molecule has 176 valence electrons. The van der Waals surface area contributed by atoms with Gasteiger partial charge < -0.3 is 0 Å². The summed E-state index contributed by atoms with van der Waals surface area (Å²) < 4.78 is 0. The second-order valence-electron chi connectivity index (χ2n) is 7.76. The van der Waals surface area contributed by atoms with E-state index in [4.69, 9.17) is 10.5 Å². The van der Waals surface area contributed by atoms with Crippen molar-refractivity contribution < 1.29 is 14.6 Å². The van der Waals surface area contributed by atoms with Crippen LogP contribution >= 0.6 is 0 Å². The molecule has 0 spiro atoms. The minimum atomic E-state index is -0.471. The van der Waals surface area contributed by atoms with Crippen molar-refractivity contribution in [2.45, 2.75) is 0 Å². The van der Waals surface area contributed by atoms with E-state index in [1.807, 2.05) is 60.7 Å². The van der Waals surface area contributed by atoms with Crippen LogP contribution < -0.4 is 4.79 Å². The predicted octanol–water partition coefficient (Wildman–Crippen LogP) is 5.78. The topological polar surface area (TPSA) is 122 Å². The predicted molar refractivity (Wildman–Crippen MR) is 133 cm³/mol. The number of non-ortho nitro benzene ring substituents is 2. The molecular formula is C26H18N6O4. The Balaban J connectivity index is 1.73. The first-order chi connectivity index (χ1) is 17.5. The average Bonchev–Trinajstić information content (AvgIpc) is 3.29. The summed E-state index contributed by atoms with van der Waals surface area (Å²) in [6.45, 7) is 0. The summed E-state index contributed by atoms with van der Waals surface area (Å²) in [5.41, 5.74) is 8.70.